The average molecular weight is 376 g/mol. The summed E-state index contributed by atoms with van der Waals surface area (Å²) in [6, 6.07) is 16.5. The van der Waals surface area contributed by atoms with Crippen molar-refractivity contribution in [2.24, 2.45) is 10.1 Å². The van der Waals surface area contributed by atoms with Gasteiger partial charge in [0.05, 0.1) is 21.2 Å². The van der Waals surface area contributed by atoms with Crippen LogP contribution in [0.1, 0.15) is 28.5 Å². The minimum absolute atomic E-state index is 0.0546. The second kappa shape index (κ2) is 7.13. The zero-order valence-electron chi connectivity index (χ0n) is 14.5. The van der Waals surface area contributed by atoms with Crippen LogP contribution in [0.3, 0.4) is 0 Å². The molecule has 0 saturated heterocycles. The number of nitrogens with zero attached hydrogens (tertiary/aromatic N) is 3. The zero-order valence-corrected chi connectivity index (χ0v) is 15.4. The smallest absolute Gasteiger partial charge is 0.260 e. The first kappa shape index (κ1) is 17.1. The number of hydrazone groups is 1. The molecule has 0 spiro atoms. The van der Waals surface area contributed by atoms with E-state index in [4.69, 9.17) is 4.99 Å². The van der Waals surface area contributed by atoms with Gasteiger partial charge in [-0.3, -0.25) is 15.5 Å². The van der Waals surface area contributed by atoms with Crippen molar-refractivity contribution in [3.8, 4) is 0 Å². The predicted octanol–water partition coefficient (Wildman–Crippen LogP) is 4.65. The van der Waals surface area contributed by atoms with Gasteiger partial charge in [-0.1, -0.05) is 19.1 Å². The van der Waals surface area contributed by atoms with Gasteiger partial charge in [-0.25, -0.2) is 4.99 Å². The molecule has 1 N–H and O–H groups in total. The van der Waals surface area contributed by atoms with Crippen LogP contribution in [0.4, 0.5) is 11.4 Å². The van der Waals surface area contributed by atoms with Gasteiger partial charge in [0.1, 0.15) is 0 Å². The van der Waals surface area contributed by atoms with Crippen LogP contribution in [-0.4, -0.2) is 16.5 Å². The van der Waals surface area contributed by atoms with Crippen molar-refractivity contribution in [3.05, 3.63) is 91.7 Å². The maximum atomic E-state index is 10.9. The lowest BCUT2D eigenvalue weighted by Gasteiger charge is -2.09. The summed E-state index contributed by atoms with van der Waals surface area (Å²) in [5.41, 5.74) is 7.53. The molecule has 0 amide bonds. The second-order valence-electron chi connectivity index (χ2n) is 6.02. The number of nitrogens with one attached hydrogen (secondary N) is 1. The Labute approximate surface area is 160 Å². The molecule has 1 aliphatic heterocycles. The van der Waals surface area contributed by atoms with Crippen LogP contribution >= 0.6 is 11.3 Å². The van der Waals surface area contributed by atoms with Gasteiger partial charge >= 0.3 is 0 Å². The van der Waals surface area contributed by atoms with Gasteiger partial charge in [-0.05, 0) is 47.7 Å². The van der Waals surface area contributed by atoms with Gasteiger partial charge in [-0.15, -0.1) is 11.3 Å². The van der Waals surface area contributed by atoms with Crippen molar-refractivity contribution in [2.75, 3.05) is 0 Å². The number of non-ortho nitro benzene ring substituents is 1. The maximum Gasteiger partial charge on any atom is 0.269 e. The molecule has 1 aliphatic rings. The SMILES string of the molecule is CCc1ccc2c(c1)C(c1ccc([N+](=O)[O-])cc1)=NNC(c1cccs1)=N2. The first-order chi connectivity index (χ1) is 13.2. The molecule has 7 heteroatoms. The highest BCUT2D eigenvalue weighted by Gasteiger charge is 2.19. The summed E-state index contributed by atoms with van der Waals surface area (Å²) in [4.78, 5) is 16.3. The molecule has 2 aromatic carbocycles. The fourth-order valence-corrected chi connectivity index (χ4v) is 3.55. The van der Waals surface area contributed by atoms with Crippen molar-refractivity contribution < 1.29 is 4.92 Å². The van der Waals surface area contributed by atoms with Crippen LogP contribution < -0.4 is 5.43 Å². The van der Waals surface area contributed by atoms with Gasteiger partial charge in [0, 0.05) is 23.3 Å². The van der Waals surface area contributed by atoms with E-state index < -0.39 is 4.92 Å². The van der Waals surface area contributed by atoms with Gasteiger partial charge in [0.25, 0.3) is 5.69 Å². The van der Waals surface area contributed by atoms with E-state index in [0.29, 0.717) is 11.5 Å². The molecule has 0 fully saturated rings. The number of thiophene rings is 1. The highest BCUT2D eigenvalue weighted by Crippen LogP contribution is 2.28. The Morgan fingerprint density at radius 3 is 2.63 bits per heavy atom. The summed E-state index contributed by atoms with van der Waals surface area (Å²) in [7, 11) is 0. The Bertz CT molecular complexity index is 1050. The van der Waals surface area contributed by atoms with E-state index in [9.17, 15) is 10.1 Å². The van der Waals surface area contributed by atoms with Crippen LogP contribution in [-0.2, 0) is 6.42 Å². The third kappa shape index (κ3) is 3.37. The van der Waals surface area contributed by atoms with Crippen molar-refractivity contribution in [2.45, 2.75) is 13.3 Å². The fraction of sp³-hybridized carbons (Fsp3) is 0.100. The Kier molecular flexibility index (Phi) is 4.52. The molecule has 6 nitrogen and oxygen atoms in total. The number of aliphatic imine (C=N–C) groups is 1. The Balaban J connectivity index is 1.84. The number of rotatable bonds is 4. The first-order valence-corrected chi connectivity index (χ1v) is 9.38. The summed E-state index contributed by atoms with van der Waals surface area (Å²) in [6.07, 6.45) is 0.899. The van der Waals surface area contributed by atoms with Crippen LogP contribution in [0, 0.1) is 10.1 Å². The molecule has 0 radical (unpaired) electrons. The Morgan fingerprint density at radius 1 is 1.15 bits per heavy atom. The molecule has 27 heavy (non-hydrogen) atoms. The molecule has 2 heterocycles. The van der Waals surface area contributed by atoms with Gasteiger partial charge in [-0.2, -0.15) is 5.10 Å². The molecular weight excluding hydrogens is 360 g/mol. The number of fused-ring (bicyclic) bond motifs is 1. The van der Waals surface area contributed by atoms with E-state index in [-0.39, 0.29) is 5.69 Å². The second-order valence-corrected chi connectivity index (χ2v) is 6.97. The van der Waals surface area contributed by atoms with E-state index in [1.54, 1.807) is 23.5 Å². The molecule has 0 atom stereocenters. The lowest BCUT2D eigenvalue weighted by molar-refractivity contribution is -0.384. The number of nitro benzene ring substituents is 1. The molecule has 3 aromatic rings. The van der Waals surface area contributed by atoms with Crippen molar-refractivity contribution in [3.63, 3.8) is 0 Å². The van der Waals surface area contributed by atoms with Crippen LogP contribution in [0.25, 0.3) is 0 Å². The number of hydrogen-bond acceptors (Lipinski definition) is 6. The van der Waals surface area contributed by atoms with E-state index in [1.165, 1.54) is 17.7 Å². The number of benzene rings is 2. The van der Waals surface area contributed by atoms with Crippen molar-refractivity contribution in [1.29, 1.82) is 0 Å². The van der Waals surface area contributed by atoms with Gasteiger partial charge < -0.3 is 0 Å². The lowest BCUT2D eigenvalue weighted by atomic mass is 9.98. The summed E-state index contributed by atoms with van der Waals surface area (Å²) in [6.45, 7) is 2.10. The first-order valence-electron chi connectivity index (χ1n) is 8.50. The van der Waals surface area contributed by atoms with Crippen molar-refractivity contribution >= 4 is 34.3 Å². The molecule has 1 aromatic heterocycles. The van der Waals surface area contributed by atoms with Crippen LogP contribution in [0.2, 0.25) is 0 Å². The number of amidine groups is 1. The van der Waals surface area contributed by atoms with E-state index in [2.05, 4.69) is 29.6 Å². The van der Waals surface area contributed by atoms with E-state index in [0.717, 1.165) is 28.1 Å². The fourth-order valence-electron chi connectivity index (χ4n) is 2.89. The monoisotopic (exact) mass is 376 g/mol. The van der Waals surface area contributed by atoms with Crippen LogP contribution in [0.5, 0.6) is 0 Å². The third-order valence-electron chi connectivity index (χ3n) is 4.34. The lowest BCUT2D eigenvalue weighted by Crippen LogP contribution is -2.18. The standard InChI is InChI=1S/C20H16N4O2S/c1-2-13-5-10-17-16(12-13)19(14-6-8-15(9-7-14)24(25)26)22-23-20(21-17)18-4-3-11-27-18/h3-12H,2H2,1H3,(H,21,23). The highest BCUT2D eigenvalue weighted by molar-refractivity contribution is 7.12. The summed E-state index contributed by atoms with van der Waals surface area (Å²) < 4.78 is 0. The maximum absolute atomic E-state index is 10.9. The summed E-state index contributed by atoms with van der Waals surface area (Å²) >= 11 is 1.59. The third-order valence-corrected chi connectivity index (χ3v) is 5.21. The number of hydrogen-bond donors (Lipinski definition) is 1. The van der Waals surface area contributed by atoms with Crippen LogP contribution in [0.15, 0.2) is 70.1 Å². The topological polar surface area (TPSA) is 79.9 Å². The Hall–Kier alpha value is -3.32. The molecule has 4 rings (SSSR count). The summed E-state index contributed by atoms with van der Waals surface area (Å²) in [5, 5.41) is 17.5. The van der Waals surface area contributed by atoms with Crippen molar-refractivity contribution in [1.82, 2.24) is 5.43 Å². The quantitative estimate of drug-likeness (QED) is 0.531. The van der Waals surface area contributed by atoms with E-state index >= 15 is 0 Å². The molecule has 0 unspecified atom stereocenters. The van der Waals surface area contributed by atoms with Gasteiger partial charge in [0.2, 0.25) is 0 Å². The van der Waals surface area contributed by atoms with E-state index in [1.807, 2.05) is 23.6 Å². The average Bonchev–Trinajstić information content (AvgIpc) is 3.16. The molecular formula is C20H16N4O2S. The highest BCUT2D eigenvalue weighted by atomic mass is 32.1. The predicted molar refractivity (Wildman–Crippen MR) is 108 cm³/mol. The minimum atomic E-state index is -0.405. The number of nitro groups is 1. The number of aryl methyl sites for hydroxylation is 1. The largest absolute Gasteiger partial charge is 0.269 e. The molecule has 134 valence electrons. The minimum Gasteiger partial charge on any atom is -0.260 e. The Morgan fingerprint density at radius 2 is 1.96 bits per heavy atom. The molecule has 0 saturated carbocycles. The molecule has 0 bridgehead atoms. The zero-order chi connectivity index (χ0) is 18.8. The van der Waals surface area contributed by atoms with Gasteiger partial charge in [0.15, 0.2) is 5.84 Å². The summed E-state index contributed by atoms with van der Waals surface area (Å²) in [5.74, 6) is 0.687. The molecule has 0 aliphatic carbocycles. The normalized spacial score (nSPS) is 13.1.